The van der Waals surface area contributed by atoms with E-state index in [2.05, 4.69) is 39.3 Å². The van der Waals surface area contributed by atoms with E-state index in [4.69, 9.17) is 4.74 Å². The Labute approximate surface area is 236 Å². The standard InChI is InChI=1S/C30H30F3N7O/c1-38(2)21-8-11-39(12-9-21)25-7-6-20(17-22(25)31)36-30-35-18-24(33)28(37-30)19-15-23(32)29-26(16-19)40(13-14-41-29)27-5-3-4-10-34-27/h3-7,10,15-18,21H,8-9,11-14H2,1-2H3,(H,35,36,37). The van der Waals surface area contributed by atoms with Crippen LogP contribution in [0.3, 0.4) is 0 Å². The summed E-state index contributed by atoms with van der Waals surface area (Å²) in [5.41, 5.74) is 1.48. The zero-order valence-corrected chi connectivity index (χ0v) is 22.8. The van der Waals surface area contributed by atoms with E-state index >= 15 is 8.78 Å². The van der Waals surface area contributed by atoms with E-state index in [1.807, 2.05) is 21.9 Å². The van der Waals surface area contributed by atoms with Crippen LogP contribution in [-0.2, 0) is 0 Å². The number of aromatic nitrogens is 3. The molecule has 1 N–H and O–H groups in total. The maximum absolute atomic E-state index is 15.2. The van der Waals surface area contributed by atoms with Crippen LogP contribution in [0.15, 0.2) is 60.9 Å². The Morgan fingerprint density at radius 3 is 2.46 bits per heavy atom. The summed E-state index contributed by atoms with van der Waals surface area (Å²) in [4.78, 5) is 18.8. The number of ether oxygens (including phenoxy) is 1. The highest BCUT2D eigenvalue weighted by Gasteiger charge is 2.26. The van der Waals surface area contributed by atoms with Gasteiger partial charge < -0.3 is 24.8 Å². The Balaban J connectivity index is 1.25. The van der Waals surface area contributed by atoms with Crippen LogP contribution >= 0.6 is 0 Å². The van der Waals surface area contributed by atoms with Crippen molar-refractivity contribution in [2.75, 3.05) is 55.5 Å². The van der Waals surface area contributed by atoms with Crippen molar-refractivity contribution in [3.8, 4) is 17.0 Å². The van der Waals surface area contributed by atoms with Gasteiger partial charge in [-0.15, -0.1) is 0 Å². The van der Waals surface area contributed by atoms with E-state index in [0.29, 0.717) is 35.5 Å². The van der Waals surface area contributed by atoms with Crippen LogP contribution in [0.4, 0.5) is 42.0 Å². The molecule has 0 atom stereocenters. The first-order valence-electron chi connectivity index (χ1n) is 13.5. The molecule has 0 spiro atoms. The van der Waals surface area contributed by atoms with Crippen LogP contribution < -0.4 is 19.9 Å². The molecule has 8 nitrogen and oxygen atoms in total. The number of piperidine rings is 1. The molecule has 0 unspecified atom stereocenters. The Morgan fingerprint density at radius 1 is 0.902 bits per heavy atom. The van der Waals surface area contributed by atoms with Crippen LogP contribution in [0.2, 0.25) is 0 Å². The predicted molar refractivity (Wildman–Crippen MR) is 153 cm³/mol. The molecule has 212 valence electrons. The maximum Gasteiger partial charge on any atom is 0.227 e. The van der Waals surface area contributed by atoms with Gasteiger partial charge >= 0.3 is 0 Å². The quantitative estimate of drug-likeness (QED) is 0.319. The molecule has 2 aliphatic rings. The topological polar surface area (TPSA) is 69.7 Å². The number of rotatable bonds is 6. The third-order valence-electron chi connectivity index (χ3n) is 7.56. The maximum atomic E-state index is 15.2. The van der Waals surface area contributed by atoms with Gasteiger partial charge in [-0.3, -0.25) is 0 Å². The highest BCUT2D eigenvalue weighted by Crippen LogP contribution is 2.41. The van der Waals surface area contributed by atoms with Crippen LogP contribution in [0.25, 0.3) is 11.3 Å². The average Bonchev–Trinajstić information content (AvgIpc) is 2.98. The summed E-state index contributed by atoms with van der Waals surface area (Å²) in [6, 6.07) is 13.6. The number of halogens is 3. The number of fused-ring (bicyclic) bond motifs is 1. The van der Waals surface area contributed by atoms with E-state index in [1.165, 1.54) is 12.1 Å². The summed E-state index contributed by atoms with van der Waals surface area (Å²) < 4.78 is 50.9. The van der Waals surface area contributed by atoms with Crippen molar-refractivity contribution in [3.05, 3.63) is 78.4 Å². The monoisotopic (exact) mass is 561 g/mol. The predicted octanol–water partition coefficient (Wildman–Crippen LogP) is 5.76. The summed E-state index contributed by atoms with van der Waals surface area (Å²) >= 11 is 0. The van der Waals surface area contributed by atoms with Gasteiger partial charge in [-0.2, -0.15) is 0 Å². The van der Waals surface area contributed by atoms with Crippen LogP contribution in [0.1, 0.15) is 12.8 Å². The lowest BCUT2D eigenvalue weighted by atomic mass is 10.0. The minimum absolute atomic E-state index is 0.0521. The lowest BCUT2D eigenvalue weighted by Gasteiger charge is -2.36. The van der Waals surface area contributed by atoms with Crippen molar-refractivity contribution in [2.45, 2.75) is 18.9 Å². The summed E-state index contributed by atoms with van der Waals surface area (Å²) in [7, 11) is 4.13. The summed E-state index contributed by atoms with van der Waals surface area (Å²) in [6.07, 6.45) is 4.59. The van der Waals surface area contributed by atoms with Gasteiger partial charge in [-0.25, -0.2) is 28.1 Å². The van der Waals surface area contributed by atoms with Crippen molar-refractivity contribution in [2.24, 2.45) is 0 Å². The average molecular weight is 562 g/mol. The number of hydrogen-bond donors (Lipinski definition) is 1. The molecule has 2 aliphatic heterocycles. The van der Waals surface area contributed by atoms with E-state index in [0.717, 1.165) is 32.1 Å². The molecule has 4 aromatic rings. The number of hydrogen-bond acceptors (Lipinski definition) is 8. The van der Waals surface area contributed by atoms with E-state index < -0.39 is 11.6 Å². The molecule has 11 heteroatoms. The van der Waals surface area contributed by atoms with Crippen molar-refractivity contribution >= 4 is 28.8 Å². The summed E-state index contributed by atoms with van der Waals surface area (Å²) in [5, 5.41) is 2.95. The van der Waals surface area contributed by atoms with Crippen LogP contribution in [0, 0.1) is 17.5 Å². The van der Waals surface area contributed by atoms with Gasteiger partial charge in [0.2, 0.25) is 5.95 Å². The molecule has 0 bridgehead atoms. The lowest BCUT2D eigenvalue weighted by Crippen LogP contribution is -2.42. The van der Waals surface area contributed by atoms with Crippen molar-refractivity contribution in [1.29, 1.82) is 0 Å². The van der Waals surface area contributed by atoms with Gasteiger partial charge in [0, 0.05) is 36.6 Å². The molecule has 6 rings (SSSR count). The number of nitrogens with one attached hydrogen (secondary N) is 1. The second-order valence-corrected chi connectivity index (χ2v) is 10.4. The zero-order valence-electron chi connectivity index (χ0n) is 22.8. The molecule has 4 heterocycles. The molecule has 1 fully saturated rings. The molecule has 0 radical (unpaired) electrons. The van der Waals surface area contributed by atoms with Crippen LogP contribution in [-0.4, -0.2) is 66.2 Å². The van der Waals surface area contributed by atoms with E-state index in [9.17, 15) is 4.39 Å². The minimum Gasteiger partial charge on any atom is -0.486 e. The third kappa shape index (κ3) is 5.49. The number of benzene rings is 2. The van der Waals surface area contributed by atoms with Gasteiger partial charge in [-0.1, -0.05) is 6.07 Å². The molecular formula is C30H30F3N7O. The highest BCUT2D eigenvalue weighted by molar-refractivity contribution is 5.76. The molecule has 2 aromatic heterocycles. The first-order valence-corrected chi connectivity index (χ1v) is 13.5. The summed E-state index contributed by atoms with van der Waals surface area (Å²) in [5.74, 6) is -0.994. The minimum atomic E-state index is -0.723. The van der Waals surface area contributed by atoms with E-state index in [1.54, 1.807) is 30.5 Å². The van der Waals surface area contributed by atoms with Crippen LogP contribution in [0.5, 0.6) is 5.75 Å². The molecule has 2 aromatic carbocycles. The largest absolute Gasteiger partial charge is 0.486 e. The first-order chi connectivity index (χ1) is 19.9. The Kier molecular flexibility index (Phi) is 7.36. The SMILES string of the molecule is CN(C)C1CCN(c2ccc(Nc3ncc(F)c(-c4cc(F)c5c(c4)N(c4ccccn4)CCO5)n3)cc2F)CC1. The van der Waals surface area contributed by atoms with Crippen molar-refractivity contribution in [3.63, 3.8) is 0 Å². The Hall–Kier alpha value is -4.38. The second kappa shape index (κ2) is 11.2. The Morgan fingerprint density at radius 2 is 1.73 bits per heavy atom. The first kappa shape index (κ1) is 26.8. The summed E-state index contributed by atoms with van der Waals surface area (Å²) in [6.45, 7) is 2.27. The molecule has 41 heavy (non-hydrogen) atoms. The highest BCUT2D eigenvalue weighted by atomic mass is 19.1. The molecular weight excluding hydrogens is 531 g/mol. The fraction of sp³-hybridized carbons (Fsp3) is 0.300. The third-order valence-corrected chi connectivity index (χ3v) is 7.56. The van der Waals surface area contributed by atoms with Gasteiger partial charge in [0.25, 0.3) is 0 Å². The van der Waals surface area contributed by atoms with Crippen molar-refractivity contribution in [1.82, 2.24) is 19.9 Å². The molecule has 1 saturated heterocycles. The molecule has 0 amide bonds. The molecule has 0 saturated carbocycles. The fourth-order valence-corrected chi connectivity index (χ4v) is 5.39. The fourth-order valence-electron chi connectivity index (χ4n) is 5.39. The van der Waals surface area contributed by atoms with E-state index in [-0.39, 0.29) is 35.4 Å². The Bertz CT molecular complexity index is 1550. The number of nitrogens with zero attached hydrogens (tertiary/aromatic N) is 6. The van der Waals surface area contributed by atoms with Gasteiger partial charge in [0.1, 0.15) is 23.9 Å². The van der Waals surface area contributed by atoms with Gasteiger partial charge in [0.05, 0.1) is 24.1 Å². The van der Waals surface area contributed by atoms with Crippen molar-refractivity contribution < 1.29 is 17.9 Å². The second-order valence-electron chi connectivity index (χ2n) is 10.4. The lowest BCUT2D eigenvalue weighted by molar-refractivity contribution is 0.249. The molecule has 0 aliphatic carbocycles. The number of pyridine rings is 1. The zero-order chi connectivity index (χ0) is 28.5. The normalized spacial score (nSPS) is 15.6. The van der Waals surface area contributed by atoms with Gasteiger partial charge in [0.15, 0.2) is 17.4 Å². The smallest absolute Gasteiger partial charge is 0.227 e. The number of anilines is 5. The van der Waals surface area contributed by atoms with Gasteiger partial charge in [-0.05, 0) is 69.4 Å².